The lowest BCUT2D eigenvalue weighted by atomic mass is 10.2. The second kappa shape index (κ2) is 6.31. The molecule has 2 aromatic carbocycles. The molecule has 0 unspecified atom stereocenters. The van der Waals surface area contributed by atoms with Gasteiger partial charge in [-0.15, -0.1) is 0 Å². The summed E-state index contributed by atoms with van der Waals surface area (Å²) < 4.78 is 4.97. The van der Waals surface area contributed by atoms with Gasteiger partial charge in [-0.1, -0.05) is 17.7 Å². The zero-order valence-electron chi connectivity index (χ0n) is 11.4. The molecule has 0 aliphatic rings. The van der Waals surface area contributed by atoms with Crippen molar-refractivity contribution in [1.29, 1.82) is 0 Å². The minimum absolute atomic E-state index is 0.0396. The summed E-state index contributed by atoms with van der Waals surface area (Å²) in [5.74, 6) is -0.231. The number of phenolic OH excluding ortho intramolecular Hbond substituents is 2. The Kier molecular flexibility index (Phi) is 4.47. The second-order valence-electron chi connectivity index (χ2n) is 4.21. The van der Waals surface area contributed by atoms with E-state index < -0.39 is 16.4 Å². The number of aromatic hydroxyl groups is 2. The van der Waals surface area contributed by atoms with Crippen molar-refractivity contribution in [2.24, 2.45) is 4.99 Å². The van der Waals surface area contributed by atoms with Crippen LogP contribution >= 0.6 is 11.6 Å². The third-order valence-electron chi connectivity index (χ3n) is 2.83. The summed E-state index contributed by atoms with van der Waals surface area (Å²) in [7, 11) is 1.41. The summed E-state index contributed by atoms with van der Waals surface area (Å²) >= 11 is 5.76. The molecule has 0 heterocycles. The number of aliphatic imine (C=N–C) groups is 1. The lowest BCUT2D eigenvalue weighted by Gasteiger charge is -2.05. The number of ether oxygens (including phenoxy) is 1. The van der Waals surface area contributed by atoms with Crippen LogP contribution in [0.5, 0.6) is 17.2 Å². The molecule has 114 valence electrons. The van der Waals surface area contributed by atoms with E-state index in [1.807, 2.05) is 0 Å². The van der Waals surface area contributed by atoms with Crippen LogP contribution in [0.25, 0.3) is 0 Å². The number of phenols is 2. The fraction of sp³-hybridized carbons (Fsp3) is 0.0714. The molecule has 0 saturated carbocycles. The molecule has 0 aliphatic heterocycles. The molecule has 0 fully saturated rings. The first-order valence-corrected chi connectivity index (χ1v) is 6.38. The molecule has 7 nitrogen and oxygen atoms in total. The summed E-state index contributed by atoms with van der Waals surface area (Å²) in [5.41, 5.74) is -0.0200. The van der Waals surface area contributed by atoms with E-state index in [0.717, 1.165) is 6.07 Å². The fourth-order valence-electron chi connectivity index (χ4n) is 1.73. The number of nitro groups is 1. The smallest absolute Gasteiger partial charge is 0.291 e. The highest BCUT2D eigenvalue weighted by atomic mass is 35.5. The lowest BCUT2D eigenvalue weighted by Crippen LogP contribution is -1.90. The normalized spacial score (nSPS) is 10.8. The number of rotatable bonds is 4. The molecule has 22 heavy (non-hydrogen) atoms. The molecular weight excluding hydrogens is 312 g/mol. The Morgan fingerprint density at radius 1 is 1.36 bits per heavy atom. The van der Waals surface area contributed by atoms with Gasteiger partial charge in [-0.25, -0.2) is 0 Å². The van der Waals surface area contributed by atoms with Gasteiger partial charge >= 0.3 is 0 Å². The van der Waals surface area contributed by atoms with Gasteiger partial charge in [-0.3, -0.25) is 15.1 Å². The molecular formula is C14H11ClN2O5. The molecule has 0 atom stereocenters. The van der Waals surface area contributed by atoms with Gasteiger partial charge in [0.2, 0.25) is 0 Å². The predicted molar refractivity (Wildman–Crippen MR) is 81.7 cm³/mol. The Morgan fingerprint density at radius 3 is 2.73 bits per heavy atom. The Hall–Kier alpha value is -2.80. The quantitative estimate of drug-likeness (QED) is 0.509. The number of nitro benzene ring substituents is 1. The topological polar surface area (TPSA) is 105 Å². The monoisotopic (exact) mass is 322 g/mol. The summed E-state index contributed by atoms with van der Waals surface area (Å²) in [5, 5.41) is 30.2. The van der Waals surface area contributed by atoms with Gasteiger partial charge < -0.3 is 14.9 Å². The third kappa shape index (κ3) is 3.09. The van der Waals surface area contributed by atoms with E-state index in [2.05, 4.69) is 4.99 Å². The van der Waals surface area contributed by atoms with Crippen LogP contribution in [-0.4, -0.2) is 28.5 Å². The van der Waals surface area contributed by atoms with E-state index in [1.165, 1.54) is 19.4 Å². The van der Waals surface area contributed by atoms with Crippen molar-refractivity contribution >= 4 is 29.2 Å². The van der Waals surface area contributed by atoms with Crippen LogP contribution in [-0.2, 0) is 0 Å². The van der Waals surface area contributed by atoms with E-state index in [4.69, 9.17) is 16.3 Å². The number of nitrogens with zero attached hydrogens (tertiary/aromatic N) is 2. The SMILES string of the molecule is COc1cccc(C=Nc2cc(Cl)c([N+](=O)[O-])cc2O)c1O. The molecule has 2 N–H and O–H groups in total. The minimum atomic E-state index is -0.705. The number of hydrogen-bond donors (Lipinski definition) is 2. The van der Waals surface area contributed by atoms with Gasteiger partial charge in [0.05, 0.1) is 18.1 Å². The Labute approximate surface area is 130 Å². The third-order valence-corrected chi connectivity index (χ3v) is 3.14. The van der Waals surface area contributed by atoms with Crippen LogP contribution < -0.4 is 4.74 Å². The van der Waals surface area contributed by atoms with E-state index in [1.54, 1.807) is 18.2 Å². The standard InChI is InChI=1S/C14H11ClN2O5/c1-22-13-4-2-3-8(14(13)19)7-16-10-5-9(15)11(17(20)21)6-12(10)18/h2-7,18-19H,1H3. The molecule has 0 amide bonds. The summed E-state index contributed by atoms with van der Waals surface area (Å²) in [6.45, 7) is 0. The summed E-state index contributed by atoms with van der Waals surface area (Å²) in [4.78, 5) is 14.0. The first kappa shape index (κ1) is 15.6. The maximum atomic E-state index is 10.7. The van der Waals surface area contributed by atoms with E-state index in [-0.39, 0.29) is 22.2 Å². The lowest BCUT2D eigenvalue weighted by molar-refractivity contribution is -0.384. The van der Waals surface area contributed by atoms with Gasteiger partial charge in [-0.05, 0) is 18.2 Å². The predicted octanol–water partition coefficient (Wildman–Crippen LogP) is 3.42. The van der Waals surface area contributed by atoms with Crippen LogP contribution in [0.3, 0.4) is 0 Å². The first-order chi connectivity index (χ1) is 10.4. The van der Waals surface area contributed by atoms with Crippen molar-refractivity contribution in [2.45, 2.75) is 0 Å². The number of para-hydroxylation sites is 1. The zero-order valence-corrected chi connectivity index (χ0v) is 12.1. The molecule has 0 radical (unpaired) electrons. The minimum Gasteiger partial charge on any atom is -0.505 e. The largest absolute Gasteiger partial charge is 0.505 e. The van der Waals surface area contributed by atoms with Gasteiger partial charge in [0.1, 0.15) is 16.5 Å². The molecule has 0 bridgehead atoms. The van der Waals surface area contributed by atoms with Crippen LogP contribution in [0.4, 0.5) is 11.4 Å². The van der Waals surface area contributed by atoms with Crippen molar-refractivity contribution in [3.63, 3.8) is 0 Å². The van der Waals surface area contributed by atoms with Crippen LogP contribution in [0, 0.1) is 10.1 Å². The first-order valence-electron chi connectivity index (χ1n) is 6.01. The highest BCUT2D eigenvalue weighted by molar-refractivity contribution is 6.33. The van der Waals surface area contributed by atoms with Gasteiger partial charge in [0.25, 0.3) is 5.69 Å². The molecule has 0 aliphatic carbocycles. The maximum Gasteiger partial charge on any atom is 0.291 e. The van der Waals surface area contributed by atoms with Crippen molar-refractivity contribution < 1.29 is 19.9 Å². The molecule has 0 aromatic heterocycles. The maximum absolute atomic E-state index is 10.7. The molecule has 0 saturated heterocycles. The summed E-state index contributed by atoms with van der Waals surface area (Å²) in [6.07, 6.45) is 1.29. The number of methoxy groups -OCH3 is 1. The Morgan fingerprint density at radius 2 is 2.09 bits per heavy atom. The molecule has 0 spiro atoms. The number of hydrogen-bond acceptors (Lipinski definition) is 6. The Bertz CT molecular complexity index is 761. The van der Waals surface area contributed by atoms with Crippen LogP contribution in [0.2, 0.25) is 5.02 Å². The highest BCUT2D eigenvalue weighted by Gasteiger charge is 2.16. The zero-order chi connectivity index (χ0) is 16.3. The Balaban J connectivity index is 2.39. The van der Waals surface area contributed by atoms with Crippen LogP contribution in [0.15, 0.2) is 35.3 Å². The van der Waals surface area contributed by atoms with E-state index >= 15 is 0 Å². The average molecular weight is 323 g/mol. The second-order valence-corrected chi connectivity index (χ2v) is 4.61. The molecule has 2 aromatic rings. The highest BCUT2D eigenvalue weighted by Crippen LogP contribution is 2.37. The van der Waals surface area contributed by atoms with Gasteiger partial charge in [-0.2, -0.15) is 0 Å². The van der Waals surface area contributed by atoms with E-state index in [0.29, 0.717) is 5.56 Å². The molecule has 2 rings (SSSR count). The van der Waals surface area contributed by atoms with E-state index in [9.17, 15) is 20.3 Å². The number of benzene rings is 2. The number of halogens is 1. The fourth-order valence-corrected chi connectivity index (χ4v) is 1.96. The average Bonchev–Trinajstić information content (AvgIpc) is 2.48. The molecule has 8 heteroatoms. The van der Waals surface area contributed by atoms with Crippen molar-refractivity contribution in [3.8, 4) is 17.2 Å². The van der Waals surface area contributed by atoms with Gasteiger partial charge in [0.15, 0.2) is 11.5 Å². The summed E-state index contributed by atoms with van der Waals surface area (Å²) in [6, 6.07) is 6.91. The van der Waals surface area contributed by atoms with Crippen molar-refractivity contribution in [3.05, 3.63) is 51.0 Å². The van der Waals surface area contributed by atoms with Crippen molar-refractivity contribution in [1.82, 2.24) is 0 Å². The van der Waals surface area contributed by atoms with Crippen LogP contribution in [0.1, 0.15) is 5.56 Å². The van der Waals surface area contributed by atoms with Crippen molar-refractivity contribution in [2.75, 3.05) is 7.11 Å². The van der Waals surface area contributed by atoms with Gasteiger partial charge in [0, 0.05) is 11.8 Å².